The first-order valence-electron chi connectivity index (χ1n) is 6.52. The van der Waals surface area contributed by atoms with Crippen LogP contribution < -0.4 is 10.2 Å². The maximum atomic E-state index is 11.8. The topological polar surface area (TPSA) is 45.2 Å². The third-order valence-corrected chi connectivity index (χ3v) is 3.42. The van der Waals surface area contributed by atoms with E-state index < -0.39 is 0 Å². The molecule has 4 nitrogen and oxygen atoms in total. The molecule has 0 saturated heterocycles. The molecule has 1 aromatic heterocycles. The fourth-order valence-electron chi connectivity index (χ4n) is 2.31. The number of nitrogens with zero attached hydrogens (tertiary/aromatic N) is 2. The van der Waals surface area contributed by atoms with Crippen molar-refractivity contribution < 1.29 is 4.79 Å². The van der Waals surface area contributed by atoms with Crippen molar-refractivity contribution in [2.75, 3.05) is 16.8 Å². The Morgan fingerprint density at radius 2 is 2.05 bits per heavy atom. The van der Waals surface area contributed by atoms with Crippen LogP contribution in [0, 0.1) is 0 Å². The Morgan fingerprint density at radius 1 is 1.25 bits per heavy atom. The molecule has 20 heavy (non-hydrogen) atoms. The number of para-hydroxylation sites is 1. The second-order valence-electron chi connectivity index (χ2n) is 4.66. The molecular formula is C15H14ClN3O. The van der Waals surface area contributed by atoms with Gasteiger partial charge in [0.25, 0.3) is 0 Å². The van der Waals surface area contributed by atoms with Crippen molar-refractivity contribution in [3.05, 3.63) is 47.6 Å². The smallest absolute Gasteiger partial charge is 0.224 e. The molecule has 2 heterocycles. The van der Waals surface area contributed by atoms with Crippen molar-refractivity contribution in [2.45, 2.75) is 12.8 Å². The molecule has 0 aliphatic carbocycles. The Hall–Kier alpha value is -2.07. The highest BCUT2D eigenvalue weighted by Gasteiger charge is 2.20. The molecule has 5 heteroatoms. The van der Waals surface area contributed by atoms with E-state index in [4.69, 9.17) is 11.6 Å². The fraction of sp³-hybridized carbons (Fsp3) is 0.200. The summed E-state index contributed by atoms with van der Waals surface area (Å²) in [5, 5.41) is 3.39. The van der Waals surface area contributed by atoms with Gasteiger partial charge in [-0.2, -0.15) is 0 Å². The number of fused-ring (bicyclic) bond motifs is 1. The van der Waals surface area contributed by atoms with Crippen LogP contribution >= 0.6 is 11.6 Å². The number of anilines is 3. The van der Waals surface area contributed by atoms with E-state index in [1.807, 2.05) is 30.3 Å². The number of pyridine rings is 1. The predicted octanol–water partition coefficient (Wildman–Crippen LogP) is 3.61. The van der Waals surface area contributed by atoms with Crippen molar-refractivity contribution in [1.82, 2.24) is 4.98 Å². The number of halogens is 1. The van der Waals surface area contributed by atoms with Crippen molar-refractivity contribution >= 4 is 34.7 Å². The van der Waals surface area contributed by atoms with Crippen LogP contribution in [0.4, 0.5) is 17.2 Å². The Balaban J connectivity index is 2.08. The molecule has 2 aromatic rings. The second-order valence-corrected chi connectivity index (χ2v) is 5.10. The number of amides is 1. The van der Waals surface area contributed by atoms with Crippen LogP contribution in [0.15, 0.2) is 42.6 Å². The summed E-state index contributed by atoms with van der Waals surface area (Å²) < 4.78 is 0. The van der Waals surface area contributed by atoms with Gasteiger partial charge in [-0.3, -0.25) is 4.79 Å². The van der Waals surface area contributed by atoms with Gasteiger partial charge in [-0.1, -0.05) is 29.8 Å². The van der Waals surface area contributed by atoms with Crippen LogP contribution in [0.2, 0.25) is 5.02 Å². The minimum absolute atomic E-state index is 0.00280. The molecular weight excluding hydrogens is 274 g/mol. The Morgan fingerprint density at radius 3 is 2.85 bits per heavy atom. The molecule has 3 rings (SSSR count). The molecule has 0 bridgehead atoms. The number of aromatic nitrogens is 1. The van der Waals surface area contributed by atoms with Gasteiger partial charge < -0.3 is 10.2 Å². The van der Waals surface area contributed by atoms with E-state index in [0.29, 0.717) is 17.1 Å². The largest absolute Gasteiger partial charge is 0.325 e. The molecule has 0 atom stereocenters. The first-order valence-corrected chi connectivity index (χ1v) is 6.90. The lowest BCUT2D eigenvalue weighted by Crippen LogP contribution is -2.26. The van der Waals surface area contributed by atoms with Gasteiger partial charge in [0.15, 0.2) is 5.82 Å². The number of benzene rings is 1. The Kier molecular flexibility index (Phi) is 3.56. The van der Waals surface area contributed by atoms with Crippen molar-refractivity contribution in [2.24, 2.45) is 0 Å². The summed E-state index contributed by atoms with van der Waals surface area (Å²) in [6.07, 6.45) is 2.88. The van der Waals surface area contributed by atoms with Crippen LogP contribution in [0.3, 0.4) is 0 Å². The van der Waals surface area contributed by atoms with Crippen LogP contribution in [0.1, 0.15) is 12.8 Å². The minimum Gasteiger partial charge on any atom is -0.325 e. The average molecular weight is 288 g/mol. The van der Waals surface area contributed by atoms with Gasteiger partial charge in [0.1, 0.15) is 0 Å². The van der Waals surface area contributed by atoms with Crippen LogP contribution in [-0.4, -0.2) is 17.4 Å². The van der Waals surface area contributed by atoms with E-state index in [2.05, 4.69) is 15.2 Å². The van der Waals surface area contributed by atoms with E-state index in [1.165, 1.54) is 0 Å². The molecule has 0 spiro atoms. The number of carbonyl (C=O) groups is 1. The molecule has 1 amide bonds. The van der Waals surface area contributed by atoms with Gasteiger partial charge in [-0.25, -0.2) is 4.98 Å². The highest BCUT2D eigenvalue weighted by atomic mass is 35.5. The first-order chi connectivity index (χ1) is 9.74. The SMILES string of the molecule is O=C1CCCN(c2ccccc2)c2ncc(Cl)cc2N1. The monoisotopic (exact) mass is 287 g/mol. The summed E-state index contributed by atoms with van der Waals surface area (Å²) in [7, 11) is 0. The third-order valence-electron chi connectivity index (χ3n) is 3.22. The summed E-state index contributed by atoms with van der Waals surface area (Å²) in [5.41, 5.74) is 1.71. The Labute approximate surface area is 122 Å². The summed E-state index contributed by atoms with van der Waals surface area (Å²) >= 11 is 5.98. The Bertz CT molecular complexity index is 630. The fourth-order valence-corrected chi connectivity index (χ4v) is 2.47. The molecule has 0 radical (unpaired) electrons. The molecule has 0 unspecified atom stereocenters. The van der Waals surface area contributed by atoms with Crippen molar-refractivity contribution in [1.29, 1.82) is 0 Å². The van der Waals surface area contributed by atoms with Crippen LogP contribution in [0.5, 0.6) is 0 Å². The van der Waals surface area contributed by atoms with Gasteiger partial charge >= 0.3 is 0 Å². The van der Waals surface area contributed by atoms with Crippen molar-refractivity contribution in [3.8, 4) is 0 Å². The molecule has 1 aliphatic heterocycles. The minimum atomic E-state index is 0.00280. The number of nitrogens with one attached hydrogen (secondary N) is 1. The maximum Gasteiger partial charge on any atom is 0.224 e. The lowest BCUT2D eigenvalue weighted by Gasteiger charge is -2.28. The summed E-state index contributed by atoms with van der Waals surface area (Å²) in [5.74, 6) is 0.733. The van der Waals surface area contributed by atoms with E-state index in [1.54, 1.807) is 12.3 Å². The van der Waals surface area contributed by atoms with Crippen LogP contribution in [0.25, 0.3) is 0 Å². The third kappa shape index (κ3) is 2.60. The summed E-state index contributed by atoms with van der Waals surface area (Å²) in [6, 6.07) is 11.8. The van der Waals surface area contributed by atoms with Gasteiger partial charge in [-0.05, 0) is 24.6 Å². The zero-order valence-corrected chi connectivity index (χ0v) is 11.6. The number of rotatable bonds is 1. The normalized spacial score (nSPS) is 15.1. The van der Waals surface area contributed by atoms with E-state index in [0.717, 1.165) is 24.5 Å². The molecule has 1 aliphatic rings. The van der Waals surface area contributed by atoms with Crippen LogP contribution in [-0.2, 0) is 4.79 Å². The van der Waals surface area contributed by atoms with Gasteiger partial charge in [-0.15, -0.1) is 0 Å². The quantitative estimate of drug-likeness (QED) is 0.871. The first kappa shape index (κ1) is 12.9. The standard InChI is InChI=1S/C15H14ClN3O/c16-11-9-13-15(17-10-11)19(8-4-7-14(20)18-13)12-5-2-1-3-6-12/h1-3,5-6,9-10H,4,7-8H2,(H,18,20). The van der Waals surface area contributed by atoms with Gasteiger partial charge in [0.2, 0.25) is 5.91 Å². The number of hydrogen-bond donors (Lipinski definition) is 1. The molecule has 1 aromatic carbocycles. The van der Waals surface area contributed by atoms with E-state index >= 15 is 0 Å². The lowest BCUT2D eigenvalue weighted by atomic mass is 10.2. The van der Waals surface area contributed by atoms with Gasteiger partial charge in [0.05, 0.1) is 10.7 Å². The molecule has 0 saturated carbocycles. The summed E-state index contributed by atoms with van der Waals surface area (Å²) in [6.45, 7) is 0.749. The second kappa shape index (κ2) is 5.51. The van der Waals surface area contributed by atoms with E-state index in [9.17, 15) is 4.79 Å². The molecule has 0 fully saturated rings. The average Bonchev–Trinajstić information content (AvgIpc) is 2.44. The lowest BCUT2D eigenvalue weighted by molar-refractivity contribution is -0.116. The maximum absolute atomic E-state index is 11.8. The van der Waals surface area contributed by atoms with Crippen molar-refractivity contribution in [3.63, 3.8) is 0 Å². The number of hydrogen-bond acceptors (Lipinski definition) is 3. The number of carbonyl (C=O) groups excluding carboxylic acids is 1. The predicted molar refractivity (Wildman–Crippen MR) is 80.6 cm³/mol. The zero-order valence-electron chi connectivity index (χ0n) is 10.8. The van der Waals surface area contributed by atoms with Gasteiger partial charge in [0, 0.05) is 24.8 Å². The summed E-state index contributed by atoms with van der Waals surface area (Å²) in [4.78, 5) is 18.2. The highest BCUT2D eigenvalue weighted by Crippen LogP contribution is 2.33. The zero-order chi connectivity index (χ0) is 13.9. The highest BCUT2D eigenvalue weighted by molar-refractivity contribution is 6.31. The van der Waals surface area contributed by atoms with E-state index in [-0.39, 0.29) is 5.91 Å². The molecule has 1 N–H and O–H groups in total. The molecule has 102 valence electrons.